The van der Waals surface area contributed by atoms with Crippen LogP contribution in [0.3, 0.4) is 0 Å². The van der Waals surface area contributed by atoms with Crippen molar-refractivity contribution in [3.05, 3.63) is 46.4 Å². The number of nitrogens with zero attached hydrogens (tertiary/aromatic N) is 2. The van der Waals surface area contributed by atoms with Gasteiger partial charge in [0.15, 0.2) is 0 Å². The van der Waals surface area contributed by atoms with Crippen LogP contribution in [0.2, 0.25) is 0 Å². The smallest absolute Gasteiger partial charge is 0.258 e. The summed E-state index contributed by atoms with van der Waals surface area (Å²) in [6, 6.07) is 10.1. The van der Waals surface area contributed by atoms with Gasteiger partial charge in [0.25, 0.3) is 5.56 Å². The second-order valence-electron chi connectivity index (χ2n) is 5.30. The van der Waals surface area contributed by atoms with Crippen LogP contribution in [0.5, 0.6) is 0 Å². The summed E-state index contributed by atoms with van der Waals surface area (Å²) in [5.41, 5.74) is 1.21. The predicted octanol–water partition coefficient (Wildman–Crippen LogP) is 3.28. The number of hydrogen-bond acceptors (Lipinski definition) is 2. The summed E-state index contributed by atoms with van der Waals surface area (Å²) in [5.74, 6) is 0.288. The number of benzene rings is 1. The lowest BCUT2D eigenvalue weighted by molar-refractivity contribution is 0.567. The van der Waals surface area contributed by atoms with Crippen molar-refractivity contribution in [3.63, 3.8) is 0 Å². The van der Waals surface area contributed by atoms with Gasteiger partial charge in [-0.25, -0.2) is 0 Å². The van der Waals surface area contributed by atoms with Crippen LogP contribution < -0.4 is 5.56 Å². The average Bonchev–Trinajstić information content (AvgIpc) is 2.41. The summed E-state index contributed by atoms with van der Waals surface area (Å²) in [6.07, 6.45) is 1.78. The van der Waals surface area contributed by atoms with Crippen molar-refractivity contribution in [3.8, 4) is 6.07 Å². The fourth-order valence-electron chi connectivity index (χ4n) is 2.15. The van der Waals surface area contributed by atoms with Crippen LogP contribution in [0, 0.1) is 17.2 Å². The molecule has 0 bridgehead atoms. The van der Waals surface area contributed by atoms with Crippen molar-refractivity contribution in [1.29, 1.82) is 5.26 Å². The highest BCUT2D eigenvalue weighted by Gasteiger charge is 2.07. The van der Waals surface area contributed by atoms with Gasteiger partial charge in [0.1, 0.15) is 0 Å². The van der Waals surface area contributed by atoms with Crippen LogP contribution in [0.4, 0.5) is 0 Å². The number of hydrogen-bond donors (Lipinski definition) is 0. The van der Waals surface area contributed by atoms with Crippen molar-refractivity contribution in [2.75, 3.05) is 0 Å². The molecule has 1 aromatic carbocycles. The Morgan fingerprint density at radius 3 is 2.63 bits per heavy atom. The van der Waals surface area contributed by atoms with Crippen molar-refractivity contribution in [2.24, 2.45) is 5.92 Å². The molecule has 0 radical (unpaired) electrons. The molecule has 1 aromatic heterocycles. The Bertz CT molecular complexity index is 692. The molecule has 1 heterocycles. The molecule has 0 aliphatic heterocycles. The first-order chi connectivity index (χ1) is 9.02. The highest BCUT2D eigenvalue weighted by Crippen LogP contribution is 2.19. The van der Waals surface area contributed by atoms with Gasteiger partial charge in [-0.05, 0) is 35.9 Å². The zero-order valence-corrected chi connectivity index (χ0v) is 11.6. The van der Waals surface area contributed by atoms with E-state index in [9.17, 15) is 4.79 Å². The van der Waals surface area contributed by atoms with E-state index in [1.165, 1.54) is 5.56 Å². The molecule has 0 aliphatic rings. The minimum Gasteiger partial charge on any atom is -0.314 e. The lowest BCUT2D eigenvalue weighted by Gasteiger charge is -2.10. The second kappa shape index (κ2) is 5.27. The van der Waals surface area contributed by atoms with Crippen LogP contribution in [-0.4, -0.2) is 4.57 Å². The van der Waals surface area contributed by atoms with E-state index in [4.69, 9.17) is 5.26 Å². The van der Waals surface area contributed by atoms with Gasteiger partial charge in [-0.15, -0.1) is 0 Å². The van der Waals surface area contributed by atoms with E-state index in [2.05, 4.69) is 26.0 Å². The van der Waals surface area contributed by atoms with Gasteiger partial charge in [0.2, 0.25) is 0 Å². The van der Waals surface area contributed by atoms with Gasteiger partial charge >= 0.3 is 0 Å². The Kier molecular flexibility index (Phi) is 3.71. The lowest BCUT2D eigenvalue weighted by Crippen LogP contribution is -2.22. The Morgan fingerprint density at radius 1 is 1.26 bits per heavy atom. The first-order valence-corrected chi connectivity index (χ1v) is 6.55. The fraction of sp³-hybridized carbons (Fsp3) is 0.375. The second-order valence-corrected chi connectivity index (χ2v) is 5.30. The minimum absolute atomic E-state index is 0.0186. The van der Waals surface area contributed by atoms with Crippen LogP contribution in [0.25, 0.3) is 10.8 Å². The third-order valence-corrected chi connectivity index (χ3v) is 3.36. The number of fused-ring (bicyclic) bond motifs is 1. The maximum absolute atomic E-state index is 12.3. The predicted molar refractivity (Wildman–Crippen MR) is 77.1 cm³/mol. The first-order valence-electron chi connectivity index (χ1n) is 6.55. The van der Waals surface area contributed by atoms with Crippen molar-refractivity contribution < 1.29 is 0 Å². The highest BCUT2D eigenvalue weighted by atomic mass is 16.1. The Labute approximate surface area is 113 Å². The standard InChI is InChI=1S/C16H18N2O/c1-11(2)13-4-5-15-14(8-13)6-7-18(16(15)19)10-12(3)9-17/h4-8,11-12H,10H2,1-3H3. The number of pyridine rings is 1. The van der Waals surface area contributed by atoms with E-state index in [0.29, 0.717) is 12.5 Å². The highest BCUT2D eigenvalue weighted by molar-refractivity contribution is 5.82. The van der Waals surface area contributed by atoms with Crippen molar-refractivity contribution in [1.82, 2.24) is 4.57 Å². The Morgan fingerprint density at radius 2 is 2.00 bits per heavy atom. The summed E-state index contributed by atoms with van der Waals surface area (Å²) in [7, 11) is 0. The van der Waals surface area contributed by atoms with E-state index < -0.39 is 0 Å². The summed E-state index contributed by atoms with van der Waals surface area (Å²) >= 11 is 0. The fourth-order valence-corrected chi connectivity index (χ4v) is 2.15. The molecule has 0 fully saturated rings. The number of rotatable bonds is 3. The molecule has 0 spiro atoms. The van der Waals surface area contributed by atoms with Gasteiger partial charge in [-0.1, -0.05) is 26.0 Å². The molecule has 2 rings (SSSR count). The molecule has 98 valence electrons. The van der Waals surface area contributed by atoms with Gasteiger partial charge in [0.05, 0.1) is 12.0 Å². The van der Waals surface area contributed by atoms with E-state index in [1.807, 2.05) is 25.1 Å². The van der Waals surface area contributed by atoms with Crippen LogP contribution >= 0.6 is 0 Å². The topological polar surface area (TPSA) is 45.8 Å². The first kappa shape index (κ1) is 13.4. The maximum Gasteiger partial charge on any atom is 0.258 e. The lowest BCUT2D eigenvalue weighted by atomic mass is 10.00. The minimum atomic E-state index is -0.162. The molecular weight excluding hydrogens is 236 g/mol. The summed E-state index contributed by atoms with van der Waals surface area (Å²) in [6.45, 7) is 6.53. The van der Waals surface area contributed by atoms with Gasteiger partial charge < -0.3 is 4.57 Å². The van der Waals surface area contributed by atoms with E-state index in [1.54, 1.807) is 10.8 Å². The Balaban J connectivity index is 2.52. The van der Waals surface area contributed by atoms with E-state index in [-0.39, 0.29) is 11.5 Å². The maximum atomic E-state index is 12.3. The largest absolute Gasteiger partial charge is 0.314 e. The quantitative estimate of drug-likeness (QED) is 0.843. The Hall–Kier alpha value is -2.08. The SMILES string of the molecule is CC(C#N)Cn1ccc2cc(C(C)C)ccc2c1=O. The summed E-state index contributed by atoms with van der Waals surface area (Å²) in [5, 5.41) is 10.5. The van der Waals surface area contributed by atoms with E-state index in [0.717, 1.165) is 10.8 Å². The van der Waals surface area contributed by atoms with Gasteiger partial charge in [-0.3, -0.25) is 4.79 Å². The molecule has 3 nitrogen and oxygen atoms in total. The molecular formula is C16H18N2O. The molecule has 0 saturated carbocycles. The van der Waals surface area contributed by atoms with Crippen molar-refractivity contribution in [2.45, 2.75) is 33.2 Å². The number of nitriles is 1. The summed E-state index contributed by atoms with van der Waals surface area (Å²) < 4.78 is 1.62. The van der Waals surface area contributed by atoms with E-state index >= 15 is 0 Å². The third kappa shape index (κ3) is 2.68. The normalized spacial score (nSPS) is 12.6. The molecule has 1 atom stereocenters. The van der Waals surface area contributed by atoms with Gasteiger partial charge in [0, 0.05) is 18.1 Å². The molecule has 0 aliphatic carbocycles. The molecule has 3 heteroatoms. The van der Waals surface area contributed by atoms with Crippen LogP contribution in [0.15, 0.2) is 35.3 Å². The molecule has 19 heavy (non-hydrogen) atoms. The zero-order valence-electron chi connectivity index (χ0n) is 11.6. The van der Waals surface area contributed by atoms with Crippen LogP contribution in [0.1, 0.15) is 32.3 Å². The van der Waals surface area contributed by atoms with Crippen molar-refractivity contribution >= 4 is 10.8 Å². The summed E-state index contributed by atoms with van der Waals surface area (Å²) in [4.78, 5) is 12.3. The third-order valence-electron chi connectivity index (χ3n) is 3.36. The molecule has 0 N–H and O–H groups in total. The monoisotopic (exact) mass is 254 g/mol. The van der Waals surface area contributed by atoms with Crippen LogP contribution in [-0.2, 0) is 6.54 Å². The zero-order chi connectivity index (χ0) is 14.0. The number of aromatic nitrogens is 1. The molecule has 2 aromatic rings. The molecule has 0 amide bonds. The van der Waals surface area contributed by atoms with Gasteiger partial charge in [-0.2, -0.15) is 5.26 Å². The average molecular weight is 254 g/mol. The molecule has 0 saturated heterocycles. The molecule has 1 unspecified atom stereocenters.